The number of amides is 1. The number of fused-ring (bicyclic) bond motifs is 2. The third-order valence-electron chi connectivity index (χ3n) is 4.36. The smallest absolute Gasteiger partial charge is 0.227 e. The summed E-state index contributed by atoms with van der Waals surface area (Å²) >= 11 is 0. The number of para-hydroxylation sites is 1. The summed E-state index contributed by atoms with van der Waals surface area (Å²) in [6.07, 6.45) is 2.81. The highest BCUT2D eigenvalue weighted by molar-refractivity contribution is 5.79. The van der Waals surface area contributed by atoms with Crippen LogP contribution in [0, 0.1) is 5.92 Å². The minimum absolute atomic E-state index is 0.0184. The molecule has 6 heteroatoms. The summed E-state index contributed by atoms with van der Waals surface area (Å²) in [4.78, 5) is 12.4. The van der Waals surface area contributed by atoms with Gasteiger partial charge in [0, 0.05) is 13.0 Å². The maximum Gasteiger partial charge on any atom is 0.227 e. The first-order valence-corrected chi connectivity index (χ1v) is 7.70. The molecule has 114 valence electrons. The Morgan fingerprint density at radius 2 is 2.27 bits per heavy atom. The number of carbonyl (C=O) groups excluding carboxylic acids is 1. The highest BCUT2D eigenvalue weighted by Gasteiger charge is 2.26. The Morgan fingerprint density at radius 3 is 3.23 bits per heavy atom. The van der Waals surface area contributed by atoms with Gasteiger partial charge in [0.2, 0.25) is 5.91 Å². The number of rotatable bonds is 3. The van der Waals surface area contributed by atoms with Gasteiger partial charge in [-0.1, -0.05) is 18.2 Å². The SMILES string of the molecule is O=C(NCc1nnc2n1CCC2)[C@@H]1COc2ccccc2C1. The molecule has 2 aliphatic rings. The first kappa shape index (κ1) is 13.3. The lowest BCUT2D eigenvalue weighted by Crippen LogP contribution is -2.37. The zero-order valence-electron chi connectivity index (χ0n) is 12.3. The third kappa shape index (κ3) is 2.34. The highest BCUT2D eigenvalue weighted by Crippen LogP contribution is 2.26. The molecule has 2 aromatic rings. The van der Waals surface area contributed by atoms with Crippen LogP contribution in [0.25, 0.3) is 0 Å². The van der Waals surface area contributed by atoms with Crippen LogP contribution in [-0.2, 0) is 30.7 Å². The van der Waals surface area contributed by atoms with E-state index in [0.29, 0.717) is 13.2 Å². The zero-order chi connectivity index (χ0) is 14.9. The van der Waals surface area contributed by atoms with Crippen molar-refractivity contribution in [3.05, 3.63) is 41.5 Å². The van der Waals surface area contributed by atoms with E-state index in [1.165, 1.54) is 0 Å². The minimum Gasteiger partial charge on any atom is -0.492 e. The van der Waals surface area contributed by atoms with E-state index in [2.05, 4.69) is 20.1 Å². The largest absolute Gasteiger partial charge is 0.492 e. The molecule has 0 unspecified atom stereocenters. The van der Waals surface area contributed by atoms with Crippen LogP contribution in [0.4, 0.5) is 0 Å². The summed E-state index contributed by atoms with van der Waals surface area (Å²) < 4.78 is 7.78. The molecule has 22 heavy (non-hydrogen) atoms. The third-order valence-corrected chi connectivity index (χ3v) is 4.36. The van der Waals surface area contributed by atoms with Crippen LogP contribution >= 0.6 is 0 Å². The van der Waals surface area contributed by atoms with E-state index < -0.39 is 0 Å². The number of hydrogen-bond acceptors (Lipinski definition) is 4. The highest BCUT2D eigenvalue weighted by atomic mass is 16.5. The van der Waals surface area contributed by atoms with Crippen molar-refractivity contribution in [3.63, 3.8) is 0 Å². The Labute approximate surface area is 128 Å². The standard InChI is InChI=1S/C16H18N4O2/c21-16(12-8-11-4-1-2-5-13(11)22-10-12)17-9-15-19-18-14-6-3-7-20(14)15/h1-2,4-5,12H,3,6-10H2,(H,17,21)/t12-/m0/s1. The molecule has 4 rings (SSSR count). The molecule has 0 fully saturated rings. The fourth-order valence-corrected chi connectivity index (χ4v) is 3.15. The molecule has 1 amide bonds. The van der Waals surface area contributed by atoms with Gasteiger partial charge in [-0.25, -0.2) is 0 Å². The number of ether oxygens (including phenoxy) is 1. The van der Waals surface area contributed by atoms with E-state index in [-0.39, 0.29) is 11.8 Å². The summed E-state index contributed by atoms with van der Waals surface area (Å²) in [5, 5.41) is 11.3. The van der Waals surface area contributed by atoms with Gasteiger partial charge < -0.3 is 14.6 Å². The second kappa shape index (κ2) is 5.44. The molecule has 1 atom stereocenters. The molecule has 1 N–H and O–H groups in total. The van der Waals surface area contributed by atoms with Crippen molar-refractivity contribution in [1.29, 1.82) is 0 Å². The Hall–Kier alpha value is -2.37. The number of carbonyl (C=O) groups is 1. The van der Waals surface area contributed by atoms with Gasteiger partial charge in [0.1, 0.15) is 18.2 Å². The quantitative estimate of drug-likeness (QED) is 0.921. The molecule has 6 nitrogen and oxygen atoms in total. The zero-order valence-corrected chi connectivity index (χ0v) is 12.3. The number of aromatic nitrogens is 3. The van der Waals surface area contributed by atoms with E-state index in [1.54, 1.807) is 0 Å². The summed E-state index contributed by atoms with van der Waals surface area (Å²) in [5.74, 6) is 2.64. The van der Waals surface area contributed by atoms with Crippen molar-refractivity contribution < 1.29 is 9.53 Å². The average molecular weight is 298 g/mol. The molecular weight excluding hydrogens is 280 g/mol. The monoisotopic (exact) mass is 298 g/mol. The van der Waals surface area contributed by atoms with Crippen molar-refractivity contribution in [3.8, 4) is 5.75 Å². The van der Waals surface area contributed by atoms with Gasteiger partial charge in [-0.15, -0.1) is 10.2 Å². The van der Waals surface area contributed by atoms with Crippen LogP contribution in [0.1, 0.15) is 23.6 Å². The van der Waals surface area contributed by atoms with E-state index in [0.717, 1.165) is 48.8 Å². The predicted molar refractivity (Wildman–Crippen MR) is 79.3 cm³/mol. The van der Waals surface area contributed by atoms with E-state index in [4.69, 9.17) is 4.74 Å². The summed E-state index contributed by atoms with van der Waals surface area (Å²) in [6, 6.07) is 7.89. The summed E-state index contributed by atoms with van der Waals surface area (Å²) in [6.45, 7) is 1.82. The van der Waals surface area contributed by atoms with Gasteiger partial charge in [-0.05, 0) is 24.5 Å². The molecule has 0 aliphatic carbocycles. The normalized spacial score (nSPS) is 19.2. The molecule has 2 aliphatic heterocycles. The van der Waals surface area contributed by atoms with Crippen LogP contribution < -0.4 is 10.1 Å². The average Bonchev–Trinajstić information content (AvgIpc) is 3.16. The molecule has 0 bridgehead atoms. The maximum atomic E-state index is 12.4. The molecule has 1 aromatic heterocycles. The number of hydrogen-bond donors (Lipinski definition) is 1. The molecule has 0 saturated carbocycles. The molecule has 0 saturated heterocycles. The maximum absolute atomic E-state index is 12.4. The topological polar surface area (TPSA) is 69.0 Å². The van der Waals surface area contributed by atoms with Crippen molar-refractivity contribution in [2.24, 2.45) is 5.92 Å². The Kier molecular flexibility index (Phi) is 3.29. The van der Waals surface area contributed by atoms with Gasteiger partial charge in [0.25, 0.3) is 0 Å². The number of aryl methyl sites for hydroxylation is 1. The van der Waals surface area contributed by atoms with Crippen molar-refractivity contribution in [2.45, 2.75) is 32.4 Å². The fraction of sp³-hybridized carbons (Fsp3) is 0.438. The Morgan fingerprint density at radius 1 is 1.36 bits per heavy atom. The minimum atomic E-state index is -0.143. The Balaban J connectivity index is 1.39. The molecular formula is C16H18N4O2. The van der Waals surface area contributed by atoms with E-state index >= 15 is 0 Å². The summed E-state index contributed by atoms with van der Waals surface area (Å²) in [5.41, 5.74) is 1.09. The van der Waals surface area contributed by atoms with E-state index in [9.17, 15) is 4.79 Å². The van der Waals surface area contributed by atoms with Gasteiger partial charge >= 0.3 is 0 Å². The number of benzene rings is 1. The van der Waals surface area contributed by atoms with E-state index in [1.807, 2.05) is 24.3 Å². The van der Waals surface area contributed by atoms with Gasteiger partial charge in [0.05, 0.1) is 12.5 Å². The molecule has 0 radical (unpaired) electrons. The number of nitrogens with one attached hydrogen (secondary N) is 1. The van der Waals surface area contributed by atoms with Crippen LogP contribution in [0.5, 0.6) is 5.75 Å². The lowest BCUT2D eigenvalue weighted by atomic mass is 9.96. The second-order valence-corrected chi connectivity index (χ2v) is 5.83. The number of nitrogens with zero attached hydrogens (tertiary/aromatic N) is 3. The molecule has 0 spiro atoms. The predicted octanol–water partition coefficient (Wildman–Crippen LogP) is 1.09. The Bertz CT molecular complexity index is 710. The van der Waals surface area contributed by atoms with Crippen LogP contribution in [0.2, 0.25) is 0 Å². The first-order chi connectivity index (χ1) is 10.8. The van der Waals surface area contributed by atoms with Gasteiger partial charge in [-0.3, -0.25) is 4.79 Å². The first-order valence-electron chi connectivity index (χ1n) is 7.70. The summed E-state index contributed by atoms with van der Waals surface area (Å²) in [7, 11) is 0. The second-order valence-electron chi connectivity index (χ2n) is 5.83. The molecule has 3 heterocycles. The van der Waals surface area contributed by atoms with Crippen molar-refractivity contribution >= 4 is 5.91 Å². The lowest BCUT2D eigenvalue weighted by Gasteiger charge is -2.24. The van der Waals surface area contributed by atoms with Crippen LogP contribution in [-0.4, -0.2) is 27.3 Å². The molecule has 1 aromatic carbocycles. The van der Waals surface area contributed by atoms with Gasteiger partial charge in [0.15, 0.2) is 5.82 Å². The fourth-order valence-electron chi connectivity index (χ4n) is 3.15. The van der Waals surface area contributed by atoms with Crippen molar-refractivity contribution in [2.75, 3.05) is 6.61 Å². The van der Waals surface area contributed by atoms with Gasteiger partial charge in [-0.2, -0.15) is 0 Å². The lowest BCUT2D eigenvalue weighted by molar-refractivity contribution is -0.126. The van der Waals surface area contributed by atoms with Crippen LogP contribution in [0.15, 0.2) is 24.3 Å². The van der Waals surface area contributed by atoms with Crippen LogP contribution in [0.3, 0.4) is 0 Å². The van der Waals surface area contributed by atoms with Crippen molar-refractivity contribution in [1.82, 2.24) is 20.1 Å².